The summed E-state index contributed by atoms with van der Waals surface area (Å²) in [6.07, 6.45) is 0. The molecular weight excluding hydrogens is 262 g/mol. The van der Waals surface area contributed by atoms with E-state index in [-0.39, 0.29) is 30.4 Å². The molecule has 1 saturated heterocycles. The van der Waals surface area contributed by atoms with Crippen molar-refractivity contribution in [2.45, 2.75) is 65.7 Å². The minimum Gasteiger partial charge on any atom is -0.337 e. The lowest BCUT2D eigenvalue weighted by molar-refractivity contribution is -0.136. The molecule has 19 heavy (non-hydrogen) atoms. The molecule has 0 bridgehead atoms. The lowest BCUT2D eigenvalue weighted by Crippen LogP contribution is -2.57. The molecule has 2 atom stereocenters. The molecule has 1 amide bonds. The number of carbonyl (C=O) groups is 1. The van der Waals surface area contributed by atoms with Crippen molar-refractivity contribution in [2.75, 3.05) is 19.6 Å². The molecule has 1 rings (SSSR count). The molecule has 0 saturated carbocycles. The first kappa shape index (κ1) is 18.7. The number of hydrogen-bond donors (Lipinski definition) is 1. The monoisotopic (exact) mass is 291 g/mol. The van der Waals surface area contributed by atoms with E-state index in [1.165, 1.54) is 0 Å². The van der Waals surface area contributed by atoms with Crippen LogP contribution in [0.5, 0.6) is 0 Å². The zero-order valence-electron chi connectivity index (χ0n) is 13.1. The van der Waals surface area contributed by atoms with Crippen LogP contribution >= 0.6 is 12.4 Å². The molecule has 1 fully saturated rings. The second kappa shape index (κ2) is 8.08. The van der Waals surface area contributed by atoms with Gasteiger partial charge in [0, 0.05) is 37.3 Å². The van der Waals surface area contributed by atoms with Gasteiger partial charge in [0.2, 0.25) is 5.91 Å². The molecule has 1 N–H and O–H groups in total. The molecule has 1 heterocycles. The van der Waals surface area contributed by atoms with Crippen LogP contribution in [0.25, 0.3) is 0 Å². The van der Waals surface area contributed by atoms with E-state index in [4.69, 9.17) is 0 Å². The summed E-state index contributed by atoms with van der Waals surface area (Å²) in [6, 6.07) is 1.48. The molecule has 0 aromatic heterocycles. The largest absolute Gasteiger partial charge is 0.337 e. The van der Waals surface area contributed by atoms with Crippen LogP contribution in [0, 0.1) is 0 Å². The number of halogens is 1. The van der Waals surface area contributed by atoms with Crippen LogP contribution in [0.1, 0.15) is 41.5 Å². The summed E-state index contributed by atoms with van der Waals surface area (Å²) in [5.74, 6) is 0.251. The van der Waals surface area contributed by atoms with Gasteiger partial charge in [0.05, 0.1) is 6.54 Å². The number of hydrogen-bond acceptors (Lipinski definition) is 3. The third kappa shape index (κ3) is 5.67. The van der Waals surface area contributed by atoms with Gasteiger partial charge in [0.25, 0.3) is 0 Å². The smallest absolute Gasteiger partial charge is 0.237 e. The fourth-order valence-corrected chi connectivity index (χ4v) is 3.01. The highest BCUT2D eigenvalue weighted by Gasteiger charge is 2.26. The summed E-state index contributed by atoms with van der Waals surface area (Å²) in [7, 11) is 0. The Kier molecular flexibility index (Phi) is 7.94. The standard InChI is InChI=1S/C14H29N3O.ClH/c1-10(2)17(11(3)4)14(18)9-16-7-12(5)15-13(6)8-16;/h10-13,15H,7-9H2,1-6H3;1H. The van der Waals surface area contributed by atoms with Crippen molar-refractivity contribution >= 4 is 18.3 Å². The molecule has 0 radical (unpaired) electrons. The number of nitrogens with one attached hydrogen (secondary N) is 1. The Morgan fingerprint density at radius 3 is 1.95 bits per heavy atom. The maximum Gasteiger partial charge on any atom is 0.237 e. The summed E-state index contributed by atoms with van der Waals surface area (Å²) < 4.78 is 0. The first-order valence-corrected chi connectivity index (χ1v) is 7.10. The molecule has 0 spiro atoms. The van der Waals surface area contributed by atoms with E-state index in [0.717, 1.165) is 13.1 Å². The second-order valence-electron chi connectivity index (χ2n) is 6.15. The van der Waals surface area contributed by atoms with Gasteiger partial charge in [0.1, 0.15) is 0 Å². The van der Waals surface area contributed by atoms with Gasteiger partial charge in [0.15, 0.2) is 0 Å². The predicted molar refractivity (Wildman–Crippen MR) is 82.9 cm³/mol. The highest BCUT2D eigenvalue weighted by molar-refractivity contribution is 5.85. The van der Waals surface area contributed by atoms with Crippen LogP contribution in [0.4, 0.5) is 0 Å². The molecule has 0 aromatic rings. The molecule has 0 aromatic carbocycles. The highest BCUT2D eigenvalue weighted by Crippen LogP contribution is 2.09. The Morgan fingerprint density at radius 1 is 1.16 bits per heavy atom. The third-order valence-corrected chi connectivity index (χ3v) is 3.39. The van der Waals surface area contributed by atoms with E-state index in [0.29, 0.717) is 18.6 Å². The third-order valence-electron chi connectivity index (χ3n) is 3.39. The van der Waals surface area contributed by atoms with Gasteiger partial charge in [-0.1, -0.05) is 0 Å². The summed E-state index contributed by atoms with van der Waals surface area (Å²) in [5.41, 5.74) is 0. The molecule has 0 aliphatic carbocycles. The first-order chi connectivity index (χ1) is 8.31. The Hall–Kier alpha value is -0.320. The SMILES string of the molecule is CC1CN(CC(=O)N(C(C)C)C(C)C)CC(C)N1.Cl. The van der Waals surface area contributed by atoms with Crippen LogP contribution < -0.4 is 5.32 Å². The number of nitrogens with zero attached hydrogens (tertiary/aromatic N) is 2. The predicted octanol–water partition coefficient (Wildman–Crippen LogP) is 1.74. The van der Waals surface area contributed by atoms with Crippen molar-refractivity contribution in [2.24, 2.45) is 0 Å². The van der Waals surface area contributed by atoms with Gasteiger partial charge in [-0.25, -0.2) is 0 Å². The van der Waals surface area contributed by atoms with Crippen LogP contribution in [-0.4, -0.2) is 59.5 Å². The molecule has 4 nitrogen and oxygen atoms in total. The average Bonchev–Trinajstić information content (AvgIpc) is 2.13. The van der Waals surface area contributed by atoms with Crippen molar-refractivity contribution in [3.63, 3.8) is 0 Å². The summed E-state index contributed by atoms with van der Waals surface area (Å²) in [6.45, 7) is 15.2. The number of carbonyl (C=O) groups excluding carboxylic acids is 1. The zero-order valence-corrected chi connectivity index (χ0v) is 14.0. The van der Waals surface area contributed by atoms with Gasteiger partial charge in [-0.3, -0.25) is 9.69 Å². The van der Waals surface area contributed by atoms with E-state index >= 15 is 0 Å². The van der Waals surface area contributed by atoms with Crippen LogP contribution in [0.15, 0.2) is 0 Å². The quantitative estimate of drug-likeness (QED) is 0.857. The van der Waals surface area contributed by atoms with Crippen molar-refractivity contribution in [1.29, 1.82) is 0 Å². The molecular formula is C14H30ClN3O. The zero-order chi connectivity index (χ0) is 13.9. The van der Waals surface area contributed by atoms with Gasteiger partial charge in [-0.15, -0.1) is 12.4 Å². The molecule has 5 heteroatoms. The van der Waals surface area contributed by atoms with Gasteiger partial charge in [-0.2, -0.15) is 0 Å². The minimum atomic E-state index is 0. The van der Waals surface area contributed by atoms with E-state index in [1.54, 1.807) is 0 Å². The number of rotatable bonds is 4. The van der Waals surface area contributed by atoms with Crippen molar-refractivity contribution in [1.82, 2.24) is 15.1 Å². The normalized spacial score (nSPS) is 24.4. The molecule has 1 aliphatic rings. The second-order valence-corrected chi connectivity index (χ2v) is 6.15. The highest BCUT2D eigenvalue weighted by atomic mass is 35.5. The Labute approximate surface area is 124 Å². The van der Waals surface area contributed by atoms with E-state index in [9.17, 15) is 4.79 Å². The fraction of sp³-hybridized carbons (Fsp3) is 0.929. The van der Waals surface area contributed by atoms with Crippen LogP contribution in [-0.2, 0) is 4.79 Å². The lowest BCUT2D eigenvalue weighted by Gasteiger charge is -2.38. The molecule has 2 unspecified atom stereocenters. The molecule has 114 valence electrons. The topological polar surface area (TPSA) is 35.6 Å². The van der Waals surface area contributed by atoms with Crippen molar-refractivity contribution in [3.05, 3.63) is 0 Å². The Balaban J connectivity index is 0.00000324. The van der Waals surface area contributed by atoms with Gasteiger partial charge in [-0.05, 0) is 41.5 Å². The summed E-state index contributed by atoms with van der Waals surface area (Å²) in [5, 5.41) is 3.49. The lowest BCUT2D eigenvalue weighted by atomic mass is 10.1. The number of piperazine rings is 1. The number of amides is 1. The maximum absolute atomic E-state index is 12.4. The molecule has 1 aliphatic heterocycles. The minimum absolute atomic E-state index is 0. The van der Waals surface area contributed by atoms with E-state index in [1.807, 2.05) is 4.90 Å². The summed E-state index contributed by atoms with van der Waals surface area (Å²) in [4.78, 5) is 16.6. The van der Waals surface area contributed by atoms with Gasteiger partial charge >= 0.3 is 0 Å². The van der Waals surface area contributed by atoms with E-state index < -0.39 is 0 Å². The Bertz CT molecular complexity index is 266. The average molecular weight is 292 g/mol. The van der Waals surface area contributed by atoms with Crippen LogP contribution in [0.2, 0.25) is 0 Å². The van der Waals surface area contributed by atoms with Crippen molar-refractivity contribution in [3.8, 4) is 0 Å². The van der Waals surface area contributed by atoms with E-state index in [2.05, 4.69) is 51.8 Å². The first-order valence-electron chi connectivity index (χ1n) is 7.10. The van der Waals surface area contributed by atoms with Crippen molar-refractivity contribution < 1.29 is 4.79 Å². The van der Waals surface area contributed by atoms with Crippen LogP contribution in [0.3, 0.4) is 0 Å². The fourth-order valence-electron chi connectivity index (χ4n) is 3.01. The summed E-state index contributed by atoms with van der Waals surface area (Å²) >= 11 is 0. The van der Waals surface area contributed by atoms with Gasteiger partial charge < -0.3 is 10.2 Å². The Morgan fingerprint density at radius 2 is 1.58 bits per heavy atom. The maximum atomic E-state index is 12.4.